The summed E-state index contributed by atoms with van der Waals surface area (Å²) < 4.78 is 24.6. The van der Waals surface area contributed by atoms with Crippen molar-refractivity contribution in [2.75, 3.05) is 11.0 Å². The Labute approximate surface area is 94.9 Å². The highest BCUT2D eigenvalue weighted by atomic mass is 127. The lowest BCUT2D eigenvalue weighted by atomic mass is 10.5. The van der Waals surface area contributed by atoms with Crippen LogP contribution in [0.3, 0.4) is 0 Å². The van der Waals surface area contributed by atoms with Crippen molar-refractivity contribution in [2.45, 2.75) is 0 Å². The Bertz CT molecular complexity index is 421. The molecule has 13 heavy (non-hydrogen) atoms. The Hall–Kier alpha value is -0.0800. The van der Waals surface area contributed by atoms with Crippen LogP contribution < -0.4 is 4.72 Å². The predicted octanol–water partition coefficient (Wildman–Crippen LogP) is 1.71. The lowest BCUT2D eigenvalue weighted by Crippen LogP contribution is -2.10. The summed E-state index contributed by atoms with van der Waals surface area (Å²) in [5, 5.41) is 0.474. The summed E-state index contributed by atoms with van der Waals surface area (Å²) in [6, 6.07) is 1.46. The summed E-state index contributed by atoms with van der Waals surface area (Å²) in [5.41, 5.74) is 0. The third-order valence-electron chi connectivity index (χ3n) is 1.10. The minimum absolute atomic E-state index is 0.230. The summed E-state index contributed by atoms with van der Waals surface area (Å²) in [6.45, 7) is 0. The van der Waals surface area contributed by atoms with E-state index in [1.54, 1.807) is 0 Å². The highest BCUT2D eigenvalue weighted by molar-refractivity contribution is 14.1. The number of rotatable bonds is 2. The van der Waals surface area contributed by atoms with Crippen LogP contribution in [0, 0.1) is 3.57 Å². The van der Waals surface area contributed by atoms with Gasteiger partial charge in [-0.15, -0.1) is 0 Å². The number of hydrogen-bond donors (Lipinski definition) is 1. The van der Waals surface area contributed by atoms with E-state index in [0.29, 0.717) is 5.02 Å². The molecule has 0 saturated carbocycles. The number of anilines is 1. The van der Waals surface area contributed by atoms with Gasteiger partial charge in [0.25, 0.3) is 0 Å². The van der Waals surface area contributed by atoms with Gasteiger partial charge in [-0.1, -0.05) is 11.6 Å². The third kappa shape index (κ3) is 3.65. The second-order valence-electron chi connectivity index (χ2n) is 2.36. The molecule has 72 valence electrons. The van der Waals surface area contributed by atoms with Gasteiger partial charge in [-0.05, 0) is 22.6 Å². The van der Waals surface area contributed by atoms with Gasteiger partial charge in [0.15, 0.2) is 0 Å². The fourth-order valence-electron chi connectivity index (χ4n) is 0.660. The second-order valence-corrected chi connectivity index (χ2v) is 5.68. The Morgan fingerprint density at radius 1 is 1.62 bits per heavy atom. The molecule has 1 heterocycles. The Morgan fingerprint density at radius 3 is 2.69 bits per heavy atom. The minimum atomic E-state index is -3.28. The number of nitrogens with zero attached hydrogens (tertiary/aromatic N) is 1. The third-order valence-corrected chi connectivity index (χ3v) is 3.17. The fourth-order valence-corrected chi connectivity index (χ4v) is 1.60. The van der Waals surface area contributed by atoms with Crippen LogP contribution >= 0.6 is 34.2 Å². The van der Waals surface area contributed by atoms with Crippen molar-refractivity contribution < 1.29 is 8.42 Å². The molecule has 0 bridgehead atoms. The van der Waals surface area contributed by atoms with Crippen molar-refractivity contribution in [3.63, 3.8) is 0 Å². The van der Waals surface area contributed by atoms with Gasteiger partial charge in [0.1, 0.15) is 5.82 Å². The van der Waals surface area contributed by atoms with Gasteiger partial charge in [0.2, 0.25) is 10.0 Å². The molecule has 0 saturated heterocycles. The van der Waals surface area contributed by atoms with Crippen LogP contribution in [0.5, 0.6) is 0 Å². The van der Waals surface area contributed by atoms with Gasteiger partial charge in [-0.25, -0.2) is 13.4 Å². The first-order valence-electron chi connectivity index (χ1n) is 3.17. The maximum atomic E-state index is 10.8. The van der Waals surface area contributed by atoms with Gasteiger partial charge < -0.3 is 0 Å². The van der Waals surface area contributed by atoms with Crippen molar-refractivity contribution in [2.24, 2.45) is 0 Å². The Balaban J connectivity index is 2.99. The average Bonchev–Trinajstić information content (AvgIpc) is 1.94. The smallest absolute Gasteiger partial charge is 0.230 e. The van der Waals surface area contributed by atoms with Crippen LogP contribution in [0.15, 0.2) is 12.3 Å². The van der Waals surface area contributed by atoms with Crippen LogP contribution in [-0.4, -0.2) is 19.7 Å². The van der Waals surface area contributed by atoms with Crippen molar-refractivity contribution in [1.82, 2.24) is 4.98 Å². The molecule has 1 rings (SSSR count). The number of hydrogen-bond acceptors (Lipinski definition) is 3. The first kappa shape index (κ1) is 11.0. The number of nitrogens with one attached hydrogen (secondary N) is 1. The molecule has 0 amide bonds. The number of pyridine rings is 1. The largest absolute Gasteiger partial charge is 0.268 e. The van der Waals surface area contributed by atoms with Gasteiger partial charge in [-0.2, -0.15) is 0 Å². The zero-order valence-corrected chi connectivity index (χ0v) is 10.3. The van der Waals surface area contributed by atoms with E-state index in [9.17, 15) is 8.42 Å². The molecule has 0 atom stereocenters. The first-order valence-corrected chi connectivity index (χ1v) is 6.52. The van der Waals surface area contributed by atoms with E-state index in [2.05, 4.69) is 9.71 Å². The van der Waals surface area contributed by atoms with E-state index in [-0.39, 0.29) is 5.82 Å². The molecule has 0 radical (unpaired) electrons. The number of aromatic nitrogens is 1. The molecule has 0 aliphatic rings. The van der Waals surface area contributed by atoms with E-state index in [0.717, 1.165) is 9.83 Å². The summed E-state index contributed by atoms with van der Waals surface area (Å²) in [7, 11) is -3.28. The zero-order valence-electron chi connectivity index (χ0n) is 6.58. The molecular weight excluding hydrogens is 327 g/mol. The molecule has 1 aromatic rings. The lowest BCUT2D eigenvalue weighted by molar-refractivity contribution is 0.606. The van der Waals surface area contributed by atoms with E-state index in [1.165, 1.54) is 12.3 Å². The average molecular weight is 333 g/mol. The quantitative estimate of drug-likeness (QED) is 0.839. The van der Waals surface area contributed by atoms with E-state index in [1.807, 2.05) is 22.6 Å². The topological polar surface area (TPSA) is 59.1 Å². The van der Waals surface area contributed by atoms with Gasteiger partial charge in [0, 0.05) is 12.3 Å². The Kier molecular flexibility index (Phi) is 3.36. The molecule has 0 aliphatic carbocycles. The monoisotopic (exact) mass is 332 g/mol. The molecule has 1 N–H and O–H groups in total. The lowest BCUT2D eigenvalue weighted by Gasteiger charge is -2.03. The molecule has 0 unspecified atom stereocenters. The summed E-state index contributed by atoms with van der Waals surface area (Å²) in [4.78, 5) is 3.84. The molecule has 0 spiro atoms. The minimum Gasteiger partial charge on any atom is -0.268 e. The van der Waals surface area contributed by atoms with Crippen molar-refractivity contribution in [3.05, 3.63) is 20.9 Å². The second kappa shape index (κ2) is 3.97. The molecule has 7 heteroatoms. The summed E-state index contributed by atoms with van der Waals surface area (Å²) in [5.74, 6) is 0.230. The van der Waals surface area contributed by atoms with Gasteiger partial charge in [-0.3, -0.25) is 4.72 Å². The van der Waals surface area contributed by atoms with E-state index < -0.39 is 10.0 Å². The summed E-state index contributed by atoms with van der Waals surface area (Å²) >= 11 is 7.77. The number of sulfonamides is 1. The molecule has 4 nitrogen and oxygen atoms in total. The molecule has 1 aromatic heterocycles. The van der Waals surface area contributed by atoms with Crippen molar-refractivity contribution >= 4 is 50.0 Å². The molecule has 0 aromatic carbocycles. The Morgan fingerprint density at radius 2 is 2.23 bits per heavy atom. The molecule has 0 aliphatic heterocycles. The first-order chi connectivity index (χ1) is 5.88. The van der Waals surface area contributed by atoms with E-state index in [4.69, 9.17) is 11.6 Å². The predicted molar refractivity (Wildman–Crippen MR) is 60.4 cm³/mol. The zero-order chi connectivity index (χ0) is 10.1. The van der Waals surface area contributed by atoms with Gasteiger partial charge in [0.05, 0.1) is 14.8 Å². The van der Waals surface area contributed by atoms with Crippen molar-refractivity contribution in [3.8, 4) is 0 Å². The summed E-state index contributed by atoms with van der Waals surface area (Å²) in [6.07, 6.45) is 2.55. The highest BCUT2D eigenvalue weighted by Crippen LogP contribution is 2.20. The van der Waals surface area contributed by atoms with Crippen LogP contribution in [-0.2, 0) is 10.0 Å². The van der Waals surface area contributed by atoms with Crippen LogP contribution in [0.2, 0.25) is 5.02 Å². The maximum absolute atomic E-state index is 10.8. The number of halogens is 2. The van der Waals surface area contributed by atoms with Crippen LogP contribution in [0.1, 0.15) is 0 Å². The normalized spacial score (nSPS) is 11.3. The van der Waals surface area contributed by atoms with Crippen LogP contribution in [0.25, 0.3) is 0 Å². The molecule has 0 fully saturated rings. The van der Waals surface area contributed by atoms with Crippen molar-refractivity contribution in [1.29, 1.82) is 0 Å². The highest BCUT2D eigenvalue weighted by Gasteiger charge is 2.04. The van der Waals surface area contributed by atoms with Gasteiger partial charge >= 0.3 is 0 Å². The maximum Gasteiger partial charge on any atom is 0.230 e. The van der Waals surface area contributed by atoms with E-state index >= 15 is 0 Å². The van der Waals surface area contributed by atoms with Crippen LogP contribution in [0.4, 0.5) is 5.82 Å². The SMILES string of the molecule is CS(=O)(=O)Nc1cc(Cl)c(I)cn1. The fraction of sp³-hybridized carbons (Fsp3) is 0.167. The standard InChI is InChI=1S/C6H6ClIN2O2S/c1-13(11,12)10-6-2-4(7)5(8)3-9-6/h2-3H,1H3,(H,9,10). The molecular formula is C6H6ClIN2O2S.